The second-order valence-corrected chi connectivity index (χ2v) is 27.8. The third-order valence-corrected chi connectivity index (χ3v) is 18.0. The van der Waals surface area contributed by atoms with E-state index in [0.717, 1.165) is 96.3 Å². The first-order chi connectivity index (χ1) is 42.7. The molecule has 0 fully saturated rings. The summed E-state index contributed by atoms with van der Waals surface area (Å²) in [4.78, 5) is 72.4. The lowest BCUT2D eigenvalue weighted by atomic mass is 10.0. The Morgan fingerprint density at radius 3 is 0.670 bits per heavy atom. The molecule has 0 spiro atoms. The number of phosphoric ester groups is 2. The zero-order valence-electron chi connectivity index (χ0n) is 56.7. The minimum atomic E-state index is -4.95. The summed E-state index contributed by atoms with van der Waals surface area (Å²) in [5, 5.41) is 10.6. The first-order valence-corrected chi connectivity index (χ1v) is 39.3. The molecule has 5 atom stereocenters. The molecular formula is C69H134O17P2. The minimum absolute atomic E-state index is 0.107. The highest BCUT2D eigenvalue weighted by molar-refractivity contribution is 7.47. The average Bonchev–Trinajstić information content (AvgIpc) is 3.66. The number of carbonyl (C=O) groups is 4. The molecule has 0 amide bonds. The van der Waals surface area contributed by atoms with E-state index in [9.17, 15) is 43.2 Å². The molecule has 0 aliphatic rings. The highest BCUT2D eigenvalue weighted by Gasteiger charge is 2.30. The Labute approximate surface area is 537 Å². The predicted octanol–water partition coefficient (Wildman–Crippen LogP) is 19.9. The summed E-state index contributed by atoms with van der Waals surface area (Å²) in [7, 11) is -9.89. The number of hydrogen-bond donors (Lipinski definition) is 3. The Bertz CT molecular complexity index is 1690. The van der Waals surface area contributed by atoms with Gasteiger partial charge in [0.25, 0.3) is 0 Å². The van der Waals surface area contributed by atoms with Crippen LogP contribution in [-0.4, -0.2) is 96.7 Å². The van der Waals surface area contributed by atoms with E-state index < -0.39 is 97.5 Å². The van der Waals surface area contributed by atoms with E-state index >= 15 is 0 Å². The lowest BCUT2D eigenvalue weighted by Crippen LogP contribution is -2.30. The van der Waals surface area contributed by atoms with Gasteiger partial charge in [0.15, 0.2) is 12.2 Å². The van der Waals surface area contributed by atoms with Crippen molar-refractivity contribution in [2.24, 2.45) is 0 Å². The largest absolute Gasteiger partial charge is 0.472 e. The van der Waals surface area contributed by atoms with Crippen molar-refractivity contribution in [2.45, 2.75) is 380 Å². The number of esters is 4. The normalized spacial score (nSPS) is 14.0. The summed E-state index contributed by atoms with van der Waals surface area (Å²) >= 11 is 0. The Hall–Kier alpha value is -1.94. The Balaban J connectivity index is 5.21. The molecule has 0 saturated carbocycles. The van der Waals surface area contributed by atoms with E-state index in [0.29, 0.717) is 25.7 Å². The van der Waals surface area contributed by atoms with Crippen molar-refractivity contribution >= 4 is 39.5 Å². The number of ether oxygens (including phenoxy) is 4. The highest BCUT2D eigenvalue weighted by atomic mass is 31.2. The fourth-order valence-corrected chi connectivity index (χ4v) is 12.1. The molecule has 0 aromatic carbocycles. The molecule has 3 N–H and O–H groups in total. The van der Waals surface area contributed by atoms with Gasteiger partial charge in [0.2, 0.25) is 0 Å². The molecular weight excluding hydrogens is 1160 g/mol. The third-order valence-electron chi connectivity index (χ3n) is 16.1. The number of rotatable bonds is 70. The second-order valence-electron chi connectivity index (χ2n) is 24.9. The minimum Gasteiger partial charge on any atom is -0.462 e. The van der Waals surface area contributed by atoms with Crippen LogP contribution in [0.25, 0.3) is 0 Å². The van der Waals surface area contributed by atoms with E-state index in [1.807, 2.05) is 0 Å². The van der Waals surface area contributed by atoms with E-state index in [1.54, 1.807) is 0 Å². The summed E-state index contributed by atoms with van der Waals surface area (Å²) < 4.78 is 68.2. The van der Waals surface area contributed by atoms with Gasteiger partial charge in [0.05, 0.1) is 26.4 Å². The van der Waals surface area contributed by atoms with Crippen LogP contribution in [-0.2, 0) is 65.4 Å². The summed E-state index contributed by atoms with van der Waals surface area (Å²) in [5.74, 6) is -2.12. The highest BCUT2D eigenvalue weighted by Crippen LogP contribution is 2.45. The lowest BCUT2D eigenvalue weighted by Gasteiger charge is -2.21. The number of phosphoric acid groups is 2. The van der Waals surface area contributed by atoms with Crippen molar-refractivity contribution in [3.63, 3.8) is 0 Å². The van der Waals surface area contributed by atoms with Crippen LogP contribution in [0.15, 0.2) is 0 Å². The number of unbranched alkanes of at least 4 members (excludes halogenated alkanes) is 44. The van der Waals surface area contributed by atoms with Gasteiger partial charge in [-0.2, -0.15) is 0 Å². The maximum Gasteiger partial charge on any atom is 0.472 e. The molecule has 0 aliphatic carbocycles. The van der Waals surface area contributed by atoms with Crippen molar-refractivity contribution in [3.8, 4) is 0 Å². The molecule has 0 heterocycles. The Kier molecular flexibility index (Phi) is 62.4. The van der Waals surface area contributed by atoms with E-state index in [2.05, 4.69) is 27.7 Å². The quantitative estimate of drug-likeness (QED) is 0.0222. The van der Waals surface area contributed by atoms with Gasteiger partial charge >= 0.3 is 39.5 Å². The Morgan fingerprint density at radius 2 is 0.455 bits per heavy atom. The molecule has 0 aromatic rings. The second kappa shape index (κ2) is 63.8. The van der Waals surface area contributed by atoms with Crippen molar-refractivity contribution in [1.82, 2.24) is 0 Å². The smallest absolute Gasteiger partial charge is 0.462 e. The van der Waals surface area contributed by atoms with Crippen molar-refractivity contribution < 1.29 is 80.2 Å². The molecule has 17 nitrogen and oxygen atoms in total. The van der Waals surface area contributed by atoms with Crippen LogP contribution in [0.5, 0.6) is 0 Å². The molecule has 88 heavy (non-hydrogen) atoms. The van der Waals surface area contributed by atoms with Gasteiger partial charge in [-0.1, -0.05) is 310 Å². The van der Waals surface area contributed by atoms with Crippen LogP contribution in [0.2, 0.25) is 0 Å². The summed E-state index contributed by atoms with van der Waals surface area (Å²) in [6.07, 6.45) is 51.3. The standard InChI is InChI=1S/C69H134O17P2/c1-5-9-13-17-21-25-28-30-32-34-36-39-42-46-50-54-67(72)80-60-65(86-69(74)56-52-48-44-40-37-35-33-31-29-26-22-18-14-10-6-2)62-84-88(77,78)82-58-63(70)57-81-87(75,76)83-61-64(59-79-66(71)53-49-45-41-24-20-16-12-8-4)85-68(73)55-51-47-43-38-27-23-19-15-11-7-3/h63-65,70H,5-62H2,1-4H3,(H,75,76)(H,77,78)/t63-,64+,65+/m0/s1. The van der Waals surface area contributed by atoms with E-state index in [1.165, 1.54) is 186 Å². The van der Waals surface area contributed by atoms with Gasteiger partial charge < -0.3 is 33.8 Å². The van der Waals surface area contributed by atoms with Crippen LogP contribution in [0.4, 0.5) is 0 Å². The SMILES string of the molecule is CCCCCCCCCCCCCCCCCC(=O)OC[C@H](COP(=O)(O)OC[C@@H](O)COP(=O)(O)OC[C@@H](COC(=O)CCCCCCCCCC)OC(=O)CCCCCCCCCCCC)OC(=O)CCCCCCCCCCCCCCCCC. The van der Waals surface area contributed by atoms with Gasteiger partial charge in [-0.25, -0.2) is 9.13 Å². The summed E-state index contributed by atoms with van der Waals surface area (Å²) in [5.41, 5.74) is 0. The van der Waals surface area contributed by atoms with E-state index in [4.69, 9.17) is 37.0 Å². The molecule has 0 saturated heterocycles. The average molecular weight is 1300 g/mol. The molecule has 0 radical (unpaired) electrons. The zero-order chi connectivity index (χ0) is 64.7. The number of aliphatic hydroxyl groups is 1. The van der Waals surface area contributed by atoms with E-state index in [-0.39, 0.29) is 25.7 Å². The molecule has 0 aliphatic heterocycles. The number of aliphatic hydroxyl groups excluding tert-OH is 1. The molecule has 0 aromatic heterocycles. The summed E-state index contributed by atoms with van der Waals surface area (Å²) in [6.45, 7) is 4.91. The molecule has 522 valence electrons. The lowest BCUT2D eigenvalue weighted by molar-refractivity contribution is -0.161. The van der Waals surface area contributed by atoms with Gasteiger partial charge in [-0.05, 0) is 25.7 Å². The van der Waals surface area contributed by atoms with Gasteiger partial charge in [-0.3, -0.25) is 37.3 Å². The topological polar surface area (TPSA) is 237 Å². The molecule has 0 bridgehead atoms. The fourth-order valence-electron chi connectivity index (χ4n) is 10.5. The van der Waals surface area contributed by atoms with Crippen LogP contribution in [0.3, 0.4) is 0 Å². The number of hydrogen-bond acceptors (Lipinski definition) is 15. The third kappa shape index (κ3) is 62.8. The molecule has 19 heteroatoms. The van der Waals surface area contributed by atoms with Gasteiger partial charge in [0.1, 0.15) is 19.3 Å². The van der Waals surface area contributed by atoms with Crippen LogP contribution in [0, 0.1) is 0 Å². The number of carbonyl (C=O) groups excluding carboxylic acids is 4. The van der Waals surface area contributed by atoms with Crippen molar-refractivity contribution in [2.75, 3.05) is 39.6 Å². The first-order valence-electron chi connectivity index (χ1n) is 36.3. The predicted molar refractivity (Wildman–Crippen MR) is 354 cm³/mol. The maximum atomic E-state index is 13.0. The molecule has 2 unspecified atom stereocenters. The summed E-state index contributed by atoms with van der Waals surface area (Å²) in [6, 6.07) is 0. The zero-order valence-corrected chi connectivity index (χ0v) is 58.5. The van der Waals surface area contributed by atoms with Crippen molar-refractivity contribution in [3.05, 3.63) is 0 Å². The van der Waals surface area contributed by atoms with Crippen LogP contribution >= 0.6 is 15.6 Å². The van der Waals surface area contributed by atoms with Gasteiger partial charge in [-0.15, -0.1) is 0 Å². The molecule has 0 rings (SSSR count). The maximum absolute atomic E-state index is 13.0. The Morgan fingerprint density at radius 1 is 0.273 bits per heavy atom. The first kappa shape index (κ1) is 86.1. The van der Waals surface area contributed by atoms with Crippen LogP contribution < -0.4 is 0 Å². The van der Waals surface area contributed by atoms with Crippen LogP contribution in [0.1, 0.15) is 362 Å². The van der Waals surface area contributed by atoms with Gasteiger partial charge in [0, 0.05) is 25.7 Å². The fraction of sp³-hybridized carbons (Fsp3) is 0.942. The monoisotopic (exact) mass is 1300 g/mol. The van der Waals surface area contributed by atoms with Crippen molar-refractivity contribution in [1.29, 1.82) is 0 Å².